The summed E-state index contributed by atoms with van der Waals surface area (Å²) in [5, 5.41) is 13.3. The summed E-state index contributed by atoms with van der Waals surface area (Å²) in [5.74, 6) is 0.910. The molecule has 4 fully saturated rings. The third-order valence-corrected chi connectivity index (χ3v) is 11.9. The predicted molar refractivity (Wildman–Crippen MR) is 230 cm³/mol. The Kier molecular flexibility index (Phi) is 13.1. The van der Waals surface area contributed by atoms with Gasteiger partial charge < -0.3 is 46.3 Å². The molecule has 0 atom stereocenters. The van der Waals surface area contributed by atoms with Crippen molar-refractivity contribution >= 4 is 40.1 Å². The van der Waals surface area contributed by atoms with Gasteiger partial charge in [0.25, 0.3) is 5.91 Å². The fraction of sp³-hybridized carbons (Fsp3) is 0.400. The number of nitrogens with one attached hydrogen (secondary N) is 1. The number of para-hydroxylation sites is 1. The van der Waals surface area contributed by atoms with E-state index in [-0.39, 0.29) is 29.4 Å². The first-order valence-electron chi connectivity index (χ1n) is 20.7. The molecule has 4 amide bonds. The first-order chi connectivity index (χ1) is 28.5. The number of ether oxygens (including phenoxy) is 1. The third-order valence-electron chi connectivity index (χ3n) is 11.9. The molecule has 0 spiro atoms. The maximum absolute atomic E-state index is 12.9. The lowest BCUT2D eigenvalue weighted by Crippen LogP contribution is -2.49. The molecule has 312 valence electrons. The molecule has 4 saturated heterocycles. The van der Waals surface area contributed by atoms with E-state index in [2.05, 4.69) is 33.1 Å². The van der Waals surface area contributed by atoms with E-state index in [4.69, 9.17) is 21.9 Å². The fourth-order valence-electron chi connectivity index (χ4n) is 8.65. The monoisotopic (exact) mass is 803 g/mol. The number of aromatic nitrogens is 1. The Morgan fingerprint density at radius 1 is 0.847 bits per heavy atom. The molecule has 4 aliphatic heterocycles. The van der Waals surface area contributed by atoms with E-state index >= 15 is 0 Å². The van der Waals surface area contributed by atoms with E-state index in [1.54, 1.807) is 35.2 Å². The highest BCUT2D eigenvalue weighted by Gasteiger charge is 2.29. The molecular formula is C45H57N9O5. The van der Waals surface area contributed by atoms with Crippen molar-refractivity contribution in [1.29, 1.82) is 0 Å². The molecule has 59 heavy (non-hydrogen) atoms. The van der Waals surface area contributed by atoms with Crippen LogP contribution in [0, 0.1) is 12.8 Å². The van der Waals surface area contributed by atoms with Crippen molar-refractivity contribution < 1.29 is 24.2 Å². The van der Waals surface area contributed by atoms with Crippen LogP contribution in [0.4, 0.5) is 10.5 Å². The molecule has 0 unspecified atom stereocenters. The molecule has 14 heteroatoms. The number of likely N-dealkylation sites (tertiary alicyclic amines) is 2. The summed E-state index contributed by atoms with van der Waals surface area (Å²) in [7, 11) is 0. The number of amides is 4. The van der Waals surface area contributed by atoms with Gasteiger partial charge in [-0.1, -0.05) is 35.9 Å². The number of morpholine rings is 1. The highest BCUT2D eigenvalue weighted by atomic mass is 16.5. The summed E-state index contributed by atoms with van der Waals surface area (Å²) in [6.45, 7) is 10.0. The van der Waals surface area contributed by atoms with Crippen molar-refractivity contribution in [3.05, 3.63) is 113 Å². The van der Waals surface area contributed by atoms with Crippen LogP contribution in [0.5, 0.6) is 5.75 Å². The summed E-state index contributed by atoms with van der Waals surface area (Å²) < 4.78 is 7.67. The lowest BCUT2D eigenvalue weighted by atomic mass is 9.94. The summed E-state index contributed by atoms with van der Waals surface area (Å²) in [6, 6.07) is 23.1. The number of nitrogens with zero attached hydrogens (tertiary/aromatic N) is 5. The van der Waals surface area contributed by atoms with Gasteiger partial charge in [0.05, 0.1) is 30.1 Å². The Balaban J connectivity index is 0.000000222. The molecule has 0 bridgehead atoms. The number of carbonyl (C=O) groups excluding carboxylic acids is 3. The lowest BCUT2D eigenvalue weighted by molar-refractivity contribution is -0.120. The molecule has 5 heterocycles. The Morgan fingerprint density at radius 3 is 2.27 bits per heavy atom. The number of hydrogen-bond donors (Lipinski definition) is 5. The van der Waals surface area contributed by atoms with E-state index in [1.165, 1.54) is 0 Å². The Labute approximate surface area is 345 Å². The van der Waals surface area contributed by atoms with E-state index in [0.29, 0.717) is 68.2 Å². The Morgan fingerprint density at radius 2 is 1.58 bits per heavy atom. The van der Waals surface area contributed by atoms with Gasteiger partial charge in [-0.2, -0.15) is 0 Å². The van der Waals surface area contributed by atoms with E-state index in [1.807, 2.05) is 53.1 Å². The minimum absolute atomic E-state index is 0.123. The standard InChI is InChI=1S/C31H37N5O3.C14H20N4O2/c1-22-4-2-5-24(20-22)30(38)34-16-8-23(9-17-34)21-33-14-10-25(11-15-33)35-18-12-26-27(35)6-3-7-28(26)36-19-13-29(37)32-31(36)39;15-11(10-3-1-2-4-13(10)19)9-12(14(16)17)18-5-7-20-8-6-18/h2-7,12,18,20,23,25H,8-11,13-17,19,21H2,1H3,(H,32,37,39);1-4,9,19H,5-8,15-17H2/b;11-9-. The minimum Gasteiger partial charge on any atom is -0.507 e. The molecule has 1 aromatic heterocycles. The second-order valence-corrected chi connectivity index (χ2v) is 15.9. The van der Waals surface area contributed by atoms with Crippen LogP contribution in [-0.4, -0.2) is 108 Å². The molecule has 14 nitrogen and oxygen atoms in total. The summed E-state index contributed by atoms with van der Waals surface area (Å²) in [4.78, 5) is 45.3. The van der Waals surface area contributed by atoms with Gasteiger partial charge in [0.15, 0.2) is 0 Å². The van der Waals surface area contributed by atoms with Crippen LogP contribution in [0.25, 0.3) is 16.6 Å². The van der Waals surface area contributed by atoms with Crippen LogP contribution >= 0.6 is 0 Å². The molecule has 8 rings (SSSR count). The number of imide groups is 1. The number of fused-ring (bicyclic) bond motifs is 1. The number of nitrogens with two attached hydrogens (primary N) is 3. The van der Waals surface area contributed by atoms with Gasteiger partial charge in [0, 0.05) is 93.2 Å². The Hall–Kier alpha value is -5.99. The molecule has 0 aliphatic carbocycles. The summed E-state index contributed by atoms with van der Waals surface area (Å²) >= 11 is 0. The number of hydrogen-bond acceptors (Lipinski definition) is 10. The van der Waals surface area contributed by atoms with Crippen molar-refractivity contribution in [3.63, 3.8) is 0 Å². The first kappa shape index (κ1) is 41.2. The van der Waals surface area contributed by atoms with Crippen LogP contribution in [-0.2, 0) is 9.53 Å². The first-order valence-corrected chi connectivity index (χ1v) is 20.7. The van der Waals surface area contributed by atoms with Crippen molar-refractivity contribution in [2.45, 2.75) is 45.1 Å². The van der Waals surface area contributed by atoms with E-state index in [0.717, 1.165) is 86.1 Å². The zero-order chi connectivity index (χ0) is 41.5. The van der Waals surface area contributed by atoms with Crippen LogP contribution in [0.3, 0.4) is 0 Å². The highest BCUT2D eigenvalue weighted by molar-refractivity contribution is 6.09. The topological polar surface area (TPSA) is 189 Å². The number of piperidine rings is 2. The van der Waals surface area contributed by atoms with Crippen LogP contribution in [0.15, 0.2) is 96.6 Å². The average Bonchev–Trinajstić information content (AvgIpc) is 3.68. The van der Waals surface area contributed by atoms with Gasteiger partial charge >= 0.3 is 6.03 Å². The molecular weight excluding hydrogens is 747 g/mol. The molecule has 4 aliphatic rings. The Bertz CT molecular complexity index is 2190. The number of carbonyl (C=O) groups is 3. The van der Waals surface area contributed by atoms with Crippen molar-refractivity contribution in [2.24, 2.45) is 23.1 Å². The van der Waals surface area contributed by atoms with Gasteiger partial charge in [0.2, 0.25) is 5.91 Å². The zero-order valence-corrected chi connectivity index (χ0v) is 33.9. The number of phenols is 1. The zero-order valence-electron chi connectivity index (χ0n) is 33.9. The van der Waals surface area contributed by atoms with E-state index in [9.17, 15) is 19.5 Å². The van der Waals surface area contributed by atoms with Crippen LogP contribution in [0.2, 0.25) is 0 Å². The van der Waals surface area contributed by atoms with Gasteiger partial charge in [0.1, 0.15) is 11.6 Å². The SMILES string of the molecule is Cc1cccc(C(=O)N2CCC(CN3CCC(n4ccc5c(N6CCC(=O)NC6=O)cccc54)CC3)CC2)c1.NC(N)=C(/C=C(\N)c1ccccc1O)N1CCOCC1. The second kappa shape index (κ2) is 18.7. The summed E-state index contributed by atoms with van der Waals surface area (Å²) in [5.41, 5.74) is 23.1. The molecule has 3 aromatic carbocycles. The number of phenolic OH excluding ortho intramolecular Hbond substituents is 1. The second-order valence-electron chi connectivity index (χ2n) is 15.9. The smallest absolute Gasteiger partial charge is 0.328 e. The summed E-state index contributed by atoms with van der Waals surface area (Å²) in [6.07, 6.45) is 8.49. The highest BCUT2D eigenvalue weighted by Crippen LogP contribution is 2.34. The number of allylic oxidation sites excluding steroid dienone is 1. The largest absolute Gasteiger partial charge is 0.507 e. The molecule has 0 saturated carbocycles. The number of aromatic hydroxyl groups is 1. The number of anilines is 1. The van der Waals surface area contributed by atoms with Gasteiger partial charge in [-0.05, 0) is 87.1 Å². The number of aryl methyl sites for hydroxylation is 1. The lowest BCUT2D eigenvalue weighted by Gasteiger charge is -2.38. The van der Waals surface area contributed by atoms with Gasteiger partial charge in [-0.3, -0.25) is 19.8 Å². The minimum atomic E-state index is -0.342. The van der Waals surface area contributed by atoms with Gasteiger partial charge in [-0.25, -0.2) is 4.79 Å². The predicted octanol–water partition coefficient (Wildman–Crippen LogP) is 4.70. The number of urea groups is 1. The van der Waals surface area contributed by atoms with Crippen LogP contribution in [0.1, 0.15) is 59.6 Å². The van der Waals surface area contributed by atoms with Gasteiger partial charge in [-0.15, -0.1) is 0 Å². The molecule has 0 radical (unpaired) electrons. The molecule has 4 aromatic rings. The van der Waals surface area contributed by atoms with E-state index < -0.39 is 0 Å². The van der Waals surface area contributed by atoms with Crippen molar-refractivity contribution in [3.8, 4) is 5.75 Å². The number of benzene rings is 3. The average molecular weight is 804 g/mol. The van der Waals surface area contributed by atoms with Crippen LogP contribution < -0.4 is 27.4 Å². The quantitative estimate of drug-likeness (QED) is 0.156. The third kappa shape index (κ3) is 9.83. The maximum atomic E-state index is 12.9. The molecule has 8 N–H and O–H groups in total. The maximum Gasteiger partial charge on any atom is 0.328 e. The number of rotatable bonds is 8. The van der Waals surface area contributed by atoms with Crippen molar-refractivity contribution in [2.75, 3.05) is 70.5 Å². The van der Waals surface area contributed by atoms with Crippen molar-refractivity contribution in [1.82, 2.24) is 24.6 Å². The fourth-order valence-corrected chi connectivity index (χ4v) is 8.65. The normalized spacial score (nSPS) is 18.7.